The zero-order valence-electron chi connectivity index (χ0n) is 11.6. The zero-order valence-corrected chi connectivity index (χ0v) is 12.4. The topological polar surface area (TPSA) is 33.1 Å². The minimum Gasteiger partial charge on any atom is -0.388 e. The number of hydrogen-bond acceptors (Lipinski definition) is 3. The van der Waals surface area contributed by atoms with Crippen molar-refractivity contribution in [3.8, 4) is 0 Å². The van der Waals surface area contributed by atoms with Crippen LogP contribution in [0.3, 0.4) is 0 Å². The molecule has 3 heteroatoms. The predicted molar refractivity (Wildman–Crippen MR) is 84.2 cm³/mol. The van der Waals surface area contributed by atoms with Crippen LogP contribution >= 0.6 is 11.3 Å². The summed E-state index contributed by atoms with van der Waals surface area (Å²) in [5, 5.41) is 13.9. The van der Waals surface area contributed by atoms with Gasteiger partial charge in [-0.15, -0.1) is 11.3 Å². The van der Waals surface area contributed by atoms with Crippen molar-refractivity contribution in [2.75, 3.05) is 0 Å². The van der Waals surface area contributed by atoms with Crippen molar-refractivity contribution in [1.82, 2.24) is 4.98 Å². The zero-order chi connectivity index (χ0) is 14.1. The minimum atomic E-state index is -0.478. The lowest BCUT2D eigenvalue weighted by Gasteiger charge is -2.12. The number of aliphatic hydroxyl groups excluding tert-OH is 1. The molecule has 1 N–H and O–H groups in total. The highest BCUT2D eigenvalue weighted by atomic mass is 32.1. The van der Waals surface area contributed by atoms with Gasteiger partial charge in [-0.3, -0.25) is 4.98 Å². The average molecular weight is 283 g/mol. The van der Waals surface area contributed by atoms with E-state index in [9.17, 15) is 5.11 Å². The van der Waals surface area contributed by atoms with Crippen LogP contribution in [-0.4, -0.2) is 10.1 Å². The molecule has 102 valence electrons. The van der Waals surface area contributed by atoms with E-state index in [1.807, 2.05) is 32.0 Å². The van der Waals surface area contributed by atoms with Gasteiger partial charge >= 0.3 is 0 Å². The van der Waals surface area contributed by atoms with Crippen molar-refractivity contribution < 1.29 is 5.11 Å². The van der Waals surface area contributed by atoms with Crippen LogP contribution in [0.25, 0.3) is 10.1 Å². The van der Waals surface area contributed by atoms with Crippen LogP contribution in [0.4, 0.5) is 0 Å². The second-order valence-electron chi connectivity index (χ2n) is 5.16. The van der Waals surface area contributed by atoms with Crippen molar-refractivity contribution in [3.63, 3.8) is 0 Å². The third-order valence-corrected chi connectivity index (χ3v) is 4.48. The monoisotopic (exact) mass is 283 g/mol. The highest BCUT2D eigenvalue weighted by Crippen LogP contribution is 2.29. The first kappa shape index (κ1) is 13.3. The van der Waals surface area contributed by atoms with E-state index in [1.54, 1.807) is 11.3 Å². The van der Waals surface area contributed by atoms with Crippen molar-refractivity contribution in [1.29, 1.82) is 0 Å². The molecule has 20 heavy (non-hydrogen) atoms. The van der Waals surface area contributed by atoms with E-state index in [4.69, 9.17) is 0 Å². The summed E-state index contributed by atoms with van der Waals surface area (Å²) in [5.74, 6) is 0. The molecule has 0 spiro atoms. The molecule has 1 atom stereocenters. The van der Waals surface area contributed by atoms with Gasteiger partial charge in [0.15, 0.2) is 0 Å². The summed E-state index contributed by atoms with van der Waals surface area (Å²) >= 11 is 1.73. The number of nitrogens with zero attached hydrogens (tertiary/aromatic N) is 1. The summed E-state index contributed by atoms with van der Waals surface area (Å²) in [7, 11) is 0. The molecule has 1 unspecified atom stereocenters. The fourth-order valence-corrected chi connectivity index (χ4v) is 3.55. The Kier molecular flexibility index (Phi) is 3.55. The van der Waals surface area contributed by atoms with E-state index >= 15 is 0 Å². The first-order chi connectivity index (χ1) is 9.63. The average Bonchev–Trinajstić information content (AvgIpc) is 2.81. The number of benzene rings is 1. The maximum atomic E-state index is 10.5. The highest BCUT2D eigenvalue weighted by Gasteiger charge is 2.13. The van der Waals surface area contributed by atoms with Gasteiger partial charge in [-0.25, -0.2) is 0 Å². The molecule has 0 radical (unpaired) electrons. The quantitative estimate of drug-likeness (QED) is 0.782. The lowest BCUT2D eigenvalue weighted by atomic mass is 10.0. The molecular weight excluding hydrogens is 266 g/mol. The fourth-order valence-electron chi connectivity index (χ4n) is 2.58. The lowest BCUT2D eigenvalue weighted by molar-refractivity contribution is 0.178. The fraction of sp³-hybridized carbons (Fsp3) is 0.235. The van der Waals surface area contributed by atoms with Gasteiger partial charge in [0, 0.05) is 22.5 Å². The van der Waals surface area contributed by atoms with Crippen LogP contribution in [0.2, 0.25) is 0 Å². The number of fused-ring (bicyclic) bond motifs is 1. The first-order valence-electron chi connectivity index (χ1n) is 6.72. The summed E-state index contributed by atoms with van der Waals surface area (Å²) in [6.45, 7) is 3.92. The number of aromatic nitrogens is 1. The van der Waals surface area contributed by atoms with Gasteiger partial charge in [-0.2, -0.15) is 0 Å². The Morgan fingerprint density at radius 2 is 1.85 bits per heavy atom. The van der Waals surface area contributed by atoms with E-state index in [2.05, 4.69) is 28.6 Å². The normalized spacial score (nSPS) is 12.8. The lowest BCUT2D eigenvalue weighted by Crippen LogP contribution is -2.03. The predicted octanol–water partition coefficient (Wildman–Crippen LogP) is 4.19. The van der Waals surface area contributed by atoms with E-state index < -0.39 is 6.10 Å². The van der Waals surface area contributed by atoms with Crippen LogP contribution in [0, 0.1) is 13.8 Å². The Morgan fingerprint density at radius 1 is 1.15 bits per heavy atom. The third-order valence-electron chi connectivity index (χ3n) is 3.46. The SMILES string of the molecule is Cc1cc(C(O)Cc2csc3ccccc23)cc(C)n1. The Balaban J connectivity index is 1.90. The number of thiophene rings is 1. The molecule has 0 saturated heterocycles. The molecule has 2 nitrogen and oxygen atoms in total. The number of rotatable bonds is 3. The van der Waals surface area contributed by atoms with Gasteiger partial charge in [-0.05, 0) is 53.9 Å². The molecule has 2 aromatic heterocycles. The molecule has 1 aromatic carbocycles. The Hall–Kier alpha value is -1.71. The van der Waals surface area contributed by atoms with Crippen molar-refractivity contribution in [3.05, 3.63) is 64.3 Å². The molecule has 2 heterocycles. The number of aliphatic hydroxyl groups is 1. The van der Waals surface area contributed by atoms with Crippen LogP contribution in [0.5, 0.6) is 0 Å². The summed E-state index contributed by atoms with van der Waals surface area (Å²) in [4.78, 5) is 4.35. The van der Waals surface area contributed by atoms with Gasteiger partial charge in [-0.1, -0.05) is 18.2 Å². The molecule has 0 amide bonds. The van der Waals surface area contributed by atoms with Crippen LogP contribution in [-0.2, 0) is 6.42 Å². The molecule has 0 fully saturated rings. The second-order valence-corrected chi connectivity index (χ2v) is 6.07. The van der Waals surface area contributed by atoms with Crippen LogP contribution in [0.15, 0.2) is 41.8 Å². The van der Waals surface area contributed by atoms with Gasteiger partial charge in [0.05, 0.1) is 6.10 Å². The van der Waals surface area contributed by atoms with Gasteiger partial charge in [0.25, 0.3) is 0 Å². The Labute approximate surface area is 122 Å². The molecule has 0 aliphatic carbocycles. The van der Waals surface area contributed by atoms with E-state index in [0.29, 0.717) is 6.42 Å². The van der Waals surface area contributed by atoms with Crippen molar-refractivity contribution in [2.45, 2.75) is 26.4 Å². The van der Waals surface area contributed by atoms with Crippen LogP contribution < -0.4 is 0 Å². The number of aryl methyl sites for hydroxylation is 2. The molecule has 0 aliphatic heterocycles. The Morgan fingerprint density at radius 3 is 2.60 bits per heavy atom. The second kappa shape index (κ2) is 5.35. The van der Waals surface area contributed by atoms with Gasteiger partial charge in [0.1, 0.15) is 0 Å². The van der Waals surface area contributed by atoms with Gasteiger partial charge in [0.2, 0.25) is 0 Å². The summed E-state index contributed by atoms with van der Waals surface area (Å²) in [5.41, 5.74) is 4.07. The third kappa shape index (κ3) is 2.60. The molecule has 3 rings (SSSR count). The smallest absolute Gasteiger partial charge is 0.0832 e. The van der Waals surface area contributed by atoms with E-state index in [0.717, 1.165) is 17.0 Å². The Bertz CT molecular complexity index is 727. The number of pyridine rings is 1. The molecular formula is C17H17NOS. The maximum absolute atomic E-state index is 10.5. The van der Waals surface area contributed by atoms with Crippen molar-refractivity contribution >= 4 is 21.4 Å². The van der Waals surface area contributed by atoms with E-state index in [-0.39, 0.29) is 0 Å². The largest absolute Gasteiger partial charge is 0.388 e. The molecule has 0 aliphatic rings. The maximum Gasteiger partial charge on any atom is 0.0832 e. The van der Waals surface area contributed by atoms with Crippen LogP contribution in [0.1, 0.15) is 28.6 Å². The van der Waals surface area contributed by atoms with Crippen molar-refractivity contribution in [2.24, 2.45) is 0 Å². The van der Waals surface area contributed by atoms with E-state index in [1.165, 1.54) is 15.6 Å². The molecule has 0 bridgehead atoms. The summed E-state index contributed by atoms with van der Waals surface area (Å²) in [6, 6.07) is 12.3. The first-order valence-corrected chi connectivity index (χ1v) is 7.60. The molecule has 3 aromatic rings. The molecule has 0 saturated carbocycles. The van der Waals surface area contributed by atoms with Gasteiger partial charge < -0.3 is 5.11 Å². The highest BCUT2D eigenvalue weighted by molar-refractivity contribution is 7.17. The minimum absolute atomic E-state index is 0.478. The summed E-state index contributed by atoms with van der Waals surface area (Å²) < 4.78 is 1.27. The standard InChI is InChI=1S/C17H17NOS/c1-11-7-13(8-12(2)18-11)16(19)9-14-10-20-17-6-4-3-5-15(14)17/h3-8,10,16,19H,9H2,1-2H3. The summed E-state index contributed by atoms with van der Waals surface area (Å²) in [6.07, 6.45) is 0.167. The number of hydrogen-bond donors (Lipinski definition) is 1.